The van der Waals surface area contributed by atoms with Crippen molar-refractivity contribution in [2.75, 3.05) is 13.7 Å². The molecule has 0 amide bonds. The van der Waals surface area contributed by atoms with E-state index >= 15 is 0 Å². The molecule has 15 heavy (non-hydrogen) atoms. The van der Waals surface area contributed by atoms with Gasteiger partial charge in [-0.25, -0.2) is 0 Å². The van der Waals surface area contributed by atoms with E-state index in [9.17, 15) is 10.1 Å². The molecular weight excluding hydrogens is 198 g/mol. The van der Waals surface area contributed by atoms with Crippen molar-refractivity contribution in [3.63, 3.8) is 0 Å². The number of aliphatic hydroxyl groups is 1. The molecule has 0 spiro atoms. The third-order valence-electron chi connectivity index (χ3n) is 2.09. The van der Waals surface area contributed by atoms with Gasteiger partial charge in [0.2, 0.25) is 0 Å². The Labute approximate surface area is 87.5 Å². The van der Waals surface area contributed by atoms with E-state index in [1.54, 1.807) is 12.1 Å². The van der Waals surface area contributed by atoms with E-state index in [0.29, 0.717) is 5.56 Å². The van der Waals surface area contributed by atoms with E-state index < -0.39 is 10.8 Å². The SMILES string of the molecule is [CH2]C(CO)c1cccc(OC)c1[N+](=O)[O-]. The Balaban J connectivity index is 3.31. The summed E-state index contributed by atoms with van der Waals surface area (Å²) >= 11 is 0. The number of ether oxygens (including phenoxy) is 1. The summed E-state index contributed by atoms with van der Waals surface area (Å²) in [4.78, 5) is 10.3. The monoisotopic (exact) mass is 210 g/mol. The van der Waals surface area contributed by atoms with Gasteiger partial charge in [0.15, 0.2) is 5.75 Å². The first-order valence-corrected chi connectivity index (χ1v) is 4.37. The lowest BCUT2D eigenvalue weighted by Crippen LogP contribution is -2.05. The average molecular weight is 210 g/mol. The average Bonchev–Trinajstić information content (AvgIpc) is 2.26. The van der Waals surface area contributed by atoms with E-state index in [1.165, 1.54) is 13.2 Å². The third-order valence-corrected chi connectivity index (χ3v) is 2.09. The molecule has 81 valence electrons. The van der Waals surface area contributed by atoms with Crippen molar-refractivity contribution in [2.45, 2.75) is 5.92 Å². The maximum absolute atomic E-state index is 10.8. The summed E-state index contributed by atoms with van der Waals surface area (Å²) in [6.07, 6.45) is 0. The largest absolute Gasteiger partial charge is 0.490 e. The Kier molecular flexibility index (Phi) is 3.62. The molecule has 0 aliphatic rings. The molecule has 1 aromatic carbocycles. The highest BCUT2D eigenvalue weighted by molar-refractivity contribution is 5.54. The smallest absolute Gasteiger partial charge is 0.314 e. The Morgan fingerprint density at radius 2 is 2.33 bits per heavy atom. The van der Waals surface area contributed by atoms with Crippen molar-refractivity contribution in [3.8, 4) is 5.75 Å². The van der Waals surface area contributed by atoms with Crippen LogP contribution in [0, 0.1) is 17.0 Å². The molecule has 0 aliphatic heterocycles. The van der Waals surface area contributed by atoms with Crippen molar-refractivity contribution in [2.24, 2.45) is 0 Å². The number of aliphatic hydroxyl groups excluding tert-OH is 1. The van der Waals surface area contributed by atoms with Crippen LogP contribution in [-0.2, 0) is 0 Å². The van der Waals surface area contributed by atoms with Gasteiger partial charge in [-0.15, -0.1) is 0 Å². The van der Waals surface area contributed by atoms with E-state index in [0.717, 1.165) is 0 Å². The van der Waals surface area contributed by atoms with Gasteiger partial charge in [-0.05, 0) is 13.0 Å². The van der Waals surface area contributed by atoms with Crippen molar-refractivity contribution in [1.82, 2.24) is 0 Å². The van der Waals surface area contributed by atoms with Gasteiger partial charge in [0.1, 0.15) is 0 Å². The van der Waals surface area contributed by atoms with Gasteiger partial charge in [0.05, 0.1) is 18.6 Å². The minimum Gasteiger partial charge on any atom is -0.490 e. The Morgan fingerprint density at radius 1 is 1.67 bits per heavy atom. The number of nitrogens with zero attached hydrogens (tertiary/aromatic N) is 1. The highest BCUT2D eigenvalue weighted by Gasteiger charge is 2.23. The lowest BCUT2D eigenvalue weighted by atomic mass is 10.00. The van der Waals surface area contributed by atoms with Crippen molar-refractivity contribution >= 4 is 5.69 Å². The number of rotatable bonds is 4. The minimum absolute atomic E-state index is 0.131. The molecule has 0 aliphatic carbocycles. The molecule has 0 bridgehead atoms. The van der Waals surface area contributed by atoms with Crippen LogP contribution >= 0.6 is 0 Å². The molecule has 0 aromatic heterocycles. The molecule has 1 unspecified atom stereocenters. The number of hydrogen-bond acceptors (Lipinski definition) is 4. The van der Waals surface area contributed by atoms with Crippen molar-refractivity contribution in [1.29, 1.82) is 0 Å². The predicted octanol–water partition coefficient (Wildman–Crippen LogP) is 1.51. The van der Waals surface area contributed by atoms with Gasteiger partial charge in [-0.1, -0.05) is 12.1 Å². The summed E-state index contributed by atoms with van der Waals surface area (Å²) in [5, 5.41) is 19.8. The fourth-order valence-corrected chi connectivity index (χ4v) is 1.33. The van der Waals surface area contributed by atoms with E-state index in [-0.39, 0.29) is 18.0 Å². The van der Waals surface area contributed by atoms with Crippen LogP contribution in [0.5, 0.6) is 5.75 Å². The van der Waals surface area contributed by atoms with Crippen LogP contribution in [0.15, 0.2) is 18.2 Å². The first-order chi connectivity index (χ1) is 7.11. The zero-order valence-corrected chi connectivity index (χ0v) is 8.34. The van der Waals surface area contributed by atoms with Gasteiger partial charge in [-0.2, -0.15) is 0 Å². The van der Waals surface area contributed by atoms with Crippen LogP contribution in [0.25, 0.3) is 0 Å². The molecule has 5 heteroatoms. The number of nitro benzene ring substituents is 1. The summed E-state index contributed by atoms with van der Waals surface area (Å²) in [6, 6.07) is 4.70. The minimum atomic E-state index is -0.527. The van der Waals surface area contributed by atoms with Gasteiger partial charge in [-0.3, -0.25) is 10.1 Å². The fourth-order valence-electron chi connectivity index (χ4n) is 1.33. The summed E-state index contributed by atoms with van der Waals surface area (Å²) in [5.74, 6) is -0.347. The predicted molar refractivity (Wildman–Crippen MR) is 54.8 cm³/mol. The maximum Gasteiger partial charge on any atom is 0.314 e. The zero-order valence-electron chi connectivity index (χ0n) is 8.34. The number of para-hydroxylation sites is 1. The normalized spacial score (nSPS) is 12.2. The molecule has 5 nitrogen and oxygen atoms in total. The van der Waals surface area contributed by atoms with Crippen LogP contribution in [0.2, 0.25) is 0 Å². The molecule has 0 fully saturated rings. The summed E-state index contributed by atoms with van der Waals surface area (Å²) in [5.41, 5.74) is 0.246. The molecule has 1 rings (SSSR count). The Bertz CT molecular complexity index is 364. The molecule has 1 atom stereocenters. The molecular formula is C10H12NO4. The number of nitro groups is 1. The Hall–Kier alpha value is -1.62. The van der Waals surface area contributed by atoms with Crippen LogP contribution in [0.4, 0.5) is 5.69 Å². The van der Waals surface area contributed by atoms with Crippen LogP contribution in [0.3, 0.4) is 0 Å². The van der Waals surface area contributed by atoms with E-state index in [2.05, 4.69) is 6.92 Å². The van der Waals surface area contributed by atoms with Gasteiger partial charge >= 0.3 is 5.69 Å². The molecule has 1 N–H and O–H groups in total. The van der Waals surface area contributed by atoms with Gasteiger partial charge in [0, 0.05) is 11.5 Å². The van der Waals surface area contributed by atoms with Crippen LogP contribution in [0.1, 0.15) is 11.5 Å². The van der Waals surface area contributed by atoms with E-state index in [1.807, 2.05) is 0 Å². The first kappa shape index (κ1) is 11.5. The van der Waals surface area contributed by atoms with Crippen molar-refractivity contribution in [3.05, 3.63) is 40.8 Å². The third kappa shape index (κ3) is 2.24. The molecule has 0 saturated carbocycles. The van der Waals surface area contributed by atoms with Crippen LogP contribution < -0.4 is 4.74 Å². The Morgan fingerprint density at radius 3 is 2.80 bits per heavy atom. The molecule has 0 saturated heterocycles. The lowest BCUT2D eigenvalue weighted by molar-refractivity contribution is -0.386. The van der Waals surface area contributed by atoms with Crippen molar-refractivity contribution < 1.29 is 14.8 Å². The second kappa shape index (κ2) is 4.75. The number of hydrogen-bond donors (Lipinski definition) is 1. The summed E-state index contributed by atoms with van der Waals surface area (Å²) in [6.45, 7) is 3.39. The van der Waals surface area contributed by atoms with E-state index in [4.69, 9.17) is 9.84 Å². The molecule has 0 heterocycles. The topological polar surface area (TPSA) is 72.6 Å². The summed E-state index contributed by atoms with van der Waals surface area (Å²) in [7, 11) is 1.36. The quantitative estimate of drug-likeness (QED) is 0.604. The van der Waals surface area contributed by atoms with Gasteiger partial charge < -0.3 is 9.84 Å². The first-order valence-electron chi connectivity index (χ1n) is 4.37. The standard InChI is InChI=1S/C10H12NO4/c1-7(6-12)8-4-3-5-9(15-2)10(8)11(13)14/h3-5,7,12H,1,6H2,2H3. The second-order valence-electron chi connectivity index (χ2n) is 3.03. The highest BCUT2D eigenvalue weighted by atomic mass is 16.6. The lowest BCUT2D eigenvalue weighted by Gasteiger charge is -2.10. The second-order valence-corrected chi connectivity index (χ2v) is 3.03. The van der Waals surface area contributed by atoms with Gasteiger partial charge in [0.25, 0.3) is 0 Å². The number of methoxy groups -OCH3 is 1. The van der Waals surface area contributed by atoms with Crippen LogP contribution in [-0.4, -0.2) is 23.7 Å². The highest BCUT2D eigenvalue weighted by Crippen LogP contribution is 2.34. The molecule has 1 aromatic rings. The zero-order chi connectivity index (χ0) is 11.4. The summed E-state index contributed by atoms with van der Waals surface area (Å²) < 4.78 is 4.89. The maximum atomic E-state index is 10.8. The fraction of sp³-hybridized carbons (Fsp3) is 0.300. The number of benzene rings is 1. The molecule has 1 radical (unpaired) electrons.